The van der Waals surface area contributed by atoms with Gasteiger partial charge in [-0.3, -0.25) is 9.59 Å². The van der Waals surface area contributed by atoms with E-state index in [1.54, 1.807) is 0 Å². The molecule has 1 atom stereocenters. The third kappa shape index (κ3) is 3.49. The minimum Gasteiger partial charge on any atom is -0.493 e. The van der Waals surface area contributed by atoms with Crippen LogP contribution < -0.4 is 15.4 Å². The Morgan fingerprint density at radius 2 is 1.70 bits per heavy atom. The number of benzene rings is 3. The number of para-hydroxylation sites is 1. The second-order valence-corrected chi connectivity index (χ2v) is 6.63. The topological polar surface area (TPSA) is 67.4 Å². The number of ether oxygens (including phenoxy) is 1. The average Bonchev–Trinajstić information content (AvgIpc) is 2.67. The molecule has 27 heavy (non-hydrogen) atoms. The van der Waals surface area contributed by atoms with Gasteiger partial charge in [-0.1, -0.05) is 42.5 Å². The zero-order valence-electron chi connectivity index (χ0n) is 15.0. The van der Waals surface area contributed by atoms with E-state index in [1.807, 2.05) is 60.7 Å². The van der Waals surface area contributed by atoms with Crippen molar-refractivity contribution in [1.82, 2.24) is 5.32 Å². The van der Waals surface area contributed by atoms with Crippen LogP contribution in [0.2, 0.25) is 0 Å². The van der Waals surface area contributed by atoms with E-state index in [1.165, 1.54) is 6.92 Å². The number of hydrogen-bond acceptors (Lipinski definition) is 3. The number of hydrogen-bond donors (Lipinski definition) is 2. The number of nitrogens with one attached hydrogen (secondary N) is 2. The minimum absolute atomic E-state index is 0.126. The summed E-state index contributed by atoms with van der Waals surface area (Å²) in [6.45, 7) is 1.99. The summed E-state index contributed by atoms with van der Waals surface area (Å²) < 4.78 is 5.67. The van der Waals surface area contributed by atoms with Crippen molar-refractivity contribution in [2.24, 2.45) is 0 Å². The van der Waals surface area contributed by atoms with E-state index < -0.39 is 0 Å². The molecule has 3 aromatic rings. The third-order valence-corrected chi connectivity index (χ3v) is 4.71. The number of carbonyl (C=O) groups excluding carboxylic acids is 2. The van der Waals surface area contributed by atoms with Gasteiger partial charge in [0.25, 0.3) is 5.91 Å². The first-order chi connectivity index (χ1) is 13.1. The molecule has 0 bridgehead atoms. The lowest BCUT2D eigenvalue weighted by Gasteiger charge is -2.27. The Morgan fingerprint density at radius 3 is 2.48 bits per heavy atom. The van der Waals surface area contributed by atoms with Crippen LogP contribution >= 0.6 is 0 Å². The summed E-state index contributed by atoms with van der Waals surface area (Å²) in [6, 6.07) is 19.0. The molecule has 1 aliphatic heterocycles. The van der Waals surface area contributed by atoms with E-state index in [0.717, 1.165) is 22.1 Å². The molecule has 0 saturated carbocycles. The number of fused-ring (bicyclic) bond motifs is 2. The van der Waals surface area contributed by atoms with E-state index in [-0.39, 0.29) is 17.9 Å². The van der Waals surface area contributed by atoms with Gasteiger partial charge in [-0.05, 0) is 29.0 Å². The largest absolute Gasteiger partial charge is 0.493 e. The maximum absolute atomic E-state index is 13.1. The van der Waals surface area contributed by atoms with E-state index in [9.17, 15) is 9.59 Å². The summed E-state index contributed by atoms with van der Waals surface area (Å²) in [7, 11) is 0. The summed E-state index contributed by atoms with van der Waals surface area (Å²) in [5.41, 5.74) is 1.94. The van der Waals surface area contributed by atoms with Crippen LogP contribution in [-0.2, 0) is 4.79 Å². The molecule has 2 N–H and O–H groups in total. The van der Waals surface area contributed by atoms with Crippen LogP contribution in [-0.4, -0.2) is 18.4 Å². The van der Waals surface area contributed by atoms with Gasteiger partial charge in [0.15, 0.2) is 0 Å². The summed E-state index contributed by atoms with van der Waals surface area (Å²) >= 11 is 0. The van der Waals surface area contributed by atoms with Crippen LogP contribution in [0.4, 0.5) is 5.69 Å². The highest BCUT2D eigenvalue weighted by molar-refractivity contribution is 6.07. The lowest BCUT2D eigenvalue weighted by Crippen LogP contribution is -2.32. The monoisotopic (exact) mass is 360 g/mol. The third-order valence-electron chi connectivity index (χ3n) is 4.71. The Labute approximate surface area is 157 Å². The van der Waals surface area contributed by atoms with Crippen LogP contribution in [0.5, 0.6) is 5.75 Å². The van der Waals surface area contributed by atoms with E-state index in [4.69, 9.17) is 4.74 Å². The van der Waals surface area contributed by atoms with Gasteiger partial charge in [-0.25, -0.2) is 0 Å². The molecule has 0 fully saturated rings. The molecular weight excluding hydrogens is 340 g/mol. The summed E-state index contributed by atoms with van der Waals surface area (Å²) in [4.78, 5) is 24.7. The molecule has 0 radical (unpaired) electrons. The van der Waals surface area contributed by atoms with Crippen molar-refractivity contribution in [2.45, 2.75) is 19.4 Å². The number of anilines is 1. The molecular formula is C22H20N2O3. The first-order valence-electron chi connectivity index (χ1n) is 8.95. The Balaban J connectivity index is 1.69. The van der Waals surface area contributed by atoms with Gasteiger partial charge in [0.2, 0.25) is 5.91 Å². The van der Waals surface area contributed by atoms with Crippen molar-refractivity contribution >= 4 is 28.3 Å². The first kappa shape index (κ1) is 17.1. The van der Waals surface area contributed by atoms with Crippen molar-refractivity contribution in [3.63, 3.8) is 0 Å². The molecule has 0 aliphatic carbocycles. The molecule has 0 saturated heterocycles. The molecule has 3 aromatic carbocycles. The van der Waals surface area contributed by atoms with Gasteiger partial charge in [-0.2, -0.15) is 0 Å². The highest BCUT2D eigenvalue weighted by Gasteiger charge is 2.24. The number of carbonyl (C=O) groups is 2. The molecule has 2 amide bonds. The molecule has 0 spiro atoms. The SMILES string of the molecule is CC(=O)Nc1cc2ccccc2cc1C(=O)N[C@H]1CCOc2ccccc21. The predicted molar refractivity (Wildman–Crippen MR) is 105 cm³/mol. The maximum atomic E-state index is 13.1. The average molecular weight is 360 g/mol. The van der Waals surface area contributed by atoms with Gasteiger partial charge >= 0.3 is 0 Å². The van der Waals surface area contributed by atoms with Crippen LogP contribution in [0.3, 0.4) is 0 Å². The van der Waals surface area contributed by atoms with E-state index >= 15 is 0 Å². The van der Waals surface area contributed by atoms with Gasteiger partial charge in [-0.15, -0.1) is 0 Å². The number of amides is 2. The summed E-state index contributed by atoms with van der Waals surface area (Å²) in [6.07, 6.45) is 0.700. The summed E-state index contributed by atoms with van der Waals surface area (Å²) in [5.74, 6) is 0.372. The smallest absolute Gasteiger partial charge is 0.253 e. The second-order valence-electron chi connectivity index (χ2n) is 6.63. The fourth-order valence-corrected chi connectivity index (χ4v) is 3.45. The Morgan fingerprint density at radius 1 is 1.00 bits per heavy atom. The minimum atomic E-state index is -0.216. The molecule has 0 unspecified atom stereocenters. The van der Waals surface area contributed by atoms with Gasteiger partial charge in [0, 0.05) is 18.9 Å². The highest BCUT2D eigenvalue weighted by Crippen LogP contribution is 2.32. The fourth-order valence-electron chi connectivity index (χ4n) is 3.45. The maximum Gasteiger partial charge on any atom is 0.253 e. The highest BCUT2D eigenvalue weighted by atomic mass is 16.5. The van der Waals surface area contributed by atoms with Crippen molar-refractivity contribution in [1.29, 1.82) is 0 Å². The second kappa shape index (κ2) is 7.11. The predicted octanol–water partition coefficient (Wildman–Crippen LogP) is 4.05. The van der Waals surface area contributed by atoms with Crippen LogP contribution in [0.15, 0.2) is 60.7 Å². The zero-order valence-corrected chi connectivity index (χ0v) is 15.0. The Kier molecular flexibility index (Phi) is 4.50. The molecule has 4 rings (SSSR count). The van der Waals surface area contributed by atoms with Crippen LogP contribution in [0.25, 0.3) is 10.8 Å². The number of rotatable bonds is 3. The zero-order chi connectivity index (χ0) is 18.8. The van der Waals surface area contributed by atoms with E-state index in [0.29, 0.717) is 24.3 Å². The first-order valence-corrected chi connectivity index (χ1v) is 8.95. The molecule has 1 heterocycles. The van der Waals surface area contributed by atoms with E-state index in [2.05, 4.69) is 10.6 Å². The standard InChI is InChI=1S/C22H20N2O3/c1-14(25)23-20-13-16-7-3-2-6-15(16)12-18(20)22(26)24-19-10-11-27-21-9-5-4-8-17(19)21/h2-9,12-13,19H,10-11H2,1H3,(H,23,25)(H,24,26)/t19-/m0/s1. The van der Waals surface area contributed by atoms with Crippen molar-refractivity contribution < 1.29 is 14.3 Å². The molecule has 136 valence electrons. The lowest BCUT2D eigenvalue weighted by molar-refractivity contribution is -0.114. The van der Waals surface area contributed by atoms with Crippen molar-refractivity contribution in [2.75, 3.05) is 11.9 Å². The lowest BCUT2D eigenvalue weighted by atomic mass is 9.99. The Hall–Kier alpha value is -3.34. The summed E-state index contributed by atoms with van der Waals surface area (Å²) in [5, 5.41) is 7.79. The van der Waals surface area contributed by atoms with Crippen LogP contribution in [0.1, 0.15) is 35.3 Å². The van der Waals surface area contributed by atoms with Gasteiger partial charge in [0.05, 0.1) is 23.9 Å². The van der Waals surface area contributed by atoms with Crippen LogP contribution in [0, 0.1) is 0 Å². The van der Waals surface area contributed by atoms with Crippen molar-refractivity contribution in [3.8, 4) is 5.75 Å². The Bertz CT molecular complexity index is 1030. The van der Waals surface area contributed by atoms with Crippen molar-refractivity contribution in [3.05, 3.63) is 71.8 Å². The molecule has 1 aliphatic rings. The fraction of sp³-hybridized carbons (Fsp3) is 0.182. The molecule has 5 heteroatoms. The molecule has 0 aromatic heterocycles. The quantitative estimate of drug-likeness (QED) is 0.740. The van der Waals surface area contributed by atoms with Gasteiger partial charge < -0.3 is 15.4 Å². The molecule has 5 nitrogen and oxygen atoms in total. The normalized spacial score (nSPS) is 15.5. The van der Waals surface area contributed by atoms with Gasteiger partial charge in [0.1, 0.15) is 5.75 Å².